The van der Waals surface area contributed by atoms with E-state index in [0.29, 0.717) is 5.56 Å². The maximum atomic E-state index is 14.7. The number of amides is 3. The maximum Gasteiger partial charge on any atom is 0.408 e. The first-order valence-electron chi connectivity index (χ1n) is 16.6. The minimum Gasteiger partial charge on any atom is -0.458 e. The van der Waals surface area contributed by atoms with Gasteiger partial charge >= 0.3 is 12.1 Å². The van der Waals surface area contributed by atoms with Crippen molar-refractivity contribution >= 4 is 23.9 Å². The molecule has 0 aliphatic rings. The second-order valence-corrected chi connectivity index (χ2v) is 14.1. The topological polar surface area (TPSA) is 114 Å². The summed E-state index contributed by atoms with van der Waals surface area (Å²) in [6, 6.07) is 20.8. The molecule has 0 spiro atoms. The van der Waals surface area contributed by atoms with E-state index in [1.54, 1.807) is 47.6 Å². The quantitative estimate of drug-likeness (QED) is 0.157. The minimum atomic E-state index is -1.19. The summed E-state index contributed by atoms with van der Waals surface area (Å²) in [5.74, 6) is -1.70. The lowest BCUT2D eigenvalue weighted by Gasteiger charge is -2.35. The lowest BCUT2D eigenvalue weighted by atomic mass is 9.94. The van der Waals surface area contributed by atoms with Crippen molar-refractivity contribution in [3.05, 3.63) is 119 Å². The number of ether oxygens (including phenoxy) is 2. The third-order valence-electron chi connectivity index (χ3n) is 7.67. The molecule has 262 valence electrons. The summed E-state index contributed by atoms with van der Waals surface area (Å²) in [4.78, 5) is 57.3. The molecular formula is C40H51N3O6. The molecule has 9 heteroatoms. The highest BCUT2D eigenvalue weighted by Crippen LogP contribution is 2.28. The largest absolute Gasteiger partial charge is 0.458 e. The third kappa shape index (κ3) is 11.9. The summed E-state index contributed by atoms with van der Waals surface area (Å²) in [6.07, 6.45) is 1.09. The van der Waals surface area contributed by atoms with E-state index in [4.69, 9.17) is 9.47 Å². The van der Waals surface area contributed by atoms with Gasteiger partial charge in [0.2, 0.25) is 11.8 Å². The standard InChI is InChI=1S/C40H51N3O6/c1-10-24-43(36(45)32(25-29-19-13-11-14-20-29)42-38(47)49-40(7,8)9)34(31-23-17-18-27(2)28(31)3)35(44)41-33(37(46)48-39(4,5)6)26-30-21-15-12-16-22-30/h10-23,32-34H,1,24-26H2,2-9H3,(H,41,44)(H,42,47). The van der Waals surface area contributed by atoms with Crippen molar-refractivity contribution in [1.82, 2.24) is 15.5 Å². The number of carbonyl (C=O) groups is 4. The fourth-order valence-corrected chi connectivity index (χ4v) is 5.35. The number of rotatable bonds is 13. The molecule has 3 aromatic carbocycles. The van der Waals surface area contributed by atoms with Gasteiger partial charge in [-0.15, -0.1) is 6.58 Å². The number of esters is 1. The van der Waals surface area contributed by atoms with E-state index in [9.17, 15) is 19.2 Å². The Bertz CT molecular complexity index is 1590. The van der Waals surface area contributed by atoms with Gasteiger partial charge in [-0.3, -0.25) is 9.59 Å². The zero-order valence-corrected chi connectivity index (χ0v) is 30.0. The molecule has 3 unspecified atom stereocenters. The summed E-state index contributed by atoms with van der Waals surface area (Å²) < 4.78 is 11.3. The first kappa shape index (κ1) is 38.5. The van der Waals surface area contributed by atoms with Crippen molar-refractivity contribution in [1.29, 1.82) is 0 Å². The van der Waals surface area contributed by atoms with Gasteiger partial charge in [-0.2, -0.15) is 0 Å². The molecule has 0 bridgehead atoms. The lowest BCUT2D eigenvalue weighted by Crippen LogP contribution is -2.55. The number of hydrogen-bond donors (Lipinski definition) is 2. The van der Waals surface area contributed by atoms with Crippen molar-refractivity contribution in [2.45, 2.75) is 97.6 Å². The summed E-state index contributed by atoms with van der Waals surface area (Å²) in [5.41, 5.74) is 2.32. The maximum absolute atomic E-state index is 14.7. The molecule has 0 aromatic heterocycles. The van der Waals surface area contributed by atoms with E-state index >= 15 is 0 Å². The molecule has 0 heterocycles. The van der Waals surface area contributed by atoms with E-state index in [0.717, 1.165) is 22.3 Å². The van der Waals surface area contributed by atoms with Crippen molar-refractivity contribution in [3.63, 3.8) is 0 Å². The Morgan fingerprint density at radius 2 is 1.27 bits per heavy atom. The zero-order valence-electron chi connectivity index (χ0n) is 30.0. The van der Waals surface area contributed by atoms with E-state index in [-0.39, 0.29) is 19.4 Å². The molecule has 0 saturated carbocycles. The molecule has 3 atom stereocenters. The molecule has 49 heavy (non-hydrogen) atoms. The van der Waals surface area contributed by atoms with Gasteiger partial charge in [0.1, 0.15) is 29.3 Å². The molecule has 3 rings (SSSR count). The Kier molecular flexibility index (Phi) is 13.3. The normalized spacial score (nSPS) is 13.3. The number of alkyl carbamates (subject to hydrolysis) is 1. The van der Waals surface area contributed by atoms with Gasteiger partial charge in [-0.1, -0.05) is 84.9 Å². The highest BCUT2D eigenvalue weighted by Gasteiger charge is 2.38. The van der Waals surface area contributed by atoms with Crippen LogP contribution in [0, 0.1) is 13.8 Å². The number of hydrogen-bond acceptors (Lipinski definition) is 6. The molecule has 9 nitrogen and oxygen atoms in total. The highest BCUT2D eigenvalue weighted by atomic mass is 16.6. The van der Waals surface area contributed by atoms with Crippen molar-refractivity contribution < 1.29 is 28.7 Å². The number of nitrogens with one attached hydrogen (secondary N) is 2. The van der Waals surface area contributed by atoms with Gasteiger partial charge in [-0.05, 0) is 83.2 Å². The average Bonchev–Trinajstić information content (AvgIpc) is 3.01. The van der Waals surface area contributed by atoms with Crippen LogP contribution in [0.25, 0.3) is 0 Å². The second-order valence-electron chi connectivity index (χ2n) is 14.1. The molecule has 0 radical (unpaired) electrons. The predicted molar refractivity (Wildman–Crippen MR) is 192 cm³/mol. The van der Waals surface area contributed by atoms with Gasteiger partial charge in [0.25, 0.3) is 0 Å². The second kappa shape index (κ2) is 17.0. The Morgan fingerprint density at radius 3 is 1.78 bits per heavy atom. The van der Waals surface area contributed by atoms with Crippen LogP contribution in [0.5, 0.6) is 0 Å². The molecule has 3 amide bonds. The molecule has 3 aromatic rings. The first-order valence-corrected chi connectivity index (χ1v) is 16.6. The Hall–Kier alpha value is -4.92. The van der Waals surface area contributed by atoms with Crippen LogP contribution in [0.1, 0.15) is 75.4 Å². The Labute approximate surface area is 291 Å². The summed E-state index contributed by atoms with van der Waals surface area (Å²) >= 11 is 0. The molecule has 0 aliphatic heterocycles. The smallest absolute Gasteiger partial charge is 0.408 e. The zero-order chi connectivity index (χ0) is 36.4. The summed E-state index contributed by atoms with van der Waals surface area (Å²) in [6.45, 7) is 18.2. The van der Waals surface area contributed by atoms with Crippen molar-refractivity contribution in [3.8, 4) is 0 Å². The molecule has 0 saturated heterocycles. The van der Waals surface area contributed by atoms with Crippen LogP contribution in [-0.4, -0.2) is 58.6 Å². The van der Waals surface area contributed by atoms with Crippen LogP contribution in [0.2, 0.25) is 0 Å². The van der Waals surface area contributed by atoms with Crippen LogP contribution >= 0.6 is 0 Å². The first-order chi connectivity index (χ1) is 23.0. The number of nitrogens with zero attached hydrogens (tertiary/aromatic N) is 1. The molecule has 0 aliphatic carbocycles. The number of carbonyl (C=O) groups excluding carboxylic acids is 4. The van der Waals surface area contributed by atoms with Gasteiger partial charge in [0.05, 0.1) is 0 Å². The predicted octanol–water partition coefficient (Wildman–Crippen LogP) is 6.56. The molecular weight excluding hydrogens is 618 g/mol. The van der Waals surface area contributed by atoms with Gasteiger partial charge in [0.15, 0.2) is 0 Å². The van der Waals surface area contributed by atoms with Gasteiger partial charge in [-0.25, -0.2) is 9.59 Å². The average molecular weight is 670 g/mol. The van der Waals surface area contributed by atoms with Crippen LogP contribution in [-0.2, 0) is 36.7 Å². The lowest BCUT2D eigenvalue weighted by molar-refractivity contribution is -0.159. The summed E-state index contributed by atoms with van der Waals surface area (Å²) in [5, 5.41) is 5.69. The van der Waals surface area contributed by atoms with Gasteiger partial charge < -0.3 is 25.0 Å². The Morgan fingerprint density at radius 1 is 0.735 bits per heavy atom. The van der Waals surface area contributed by atoms with Crippen LogP contribution < -0.4 is 10.6 Å². The monoisotopic (exact) mass is 669 g/mol. The fourth-order valence-electron chi connectivity index (χ4n) is 5.35. The fraction of sp³-hybridized carbons (Fsp3) is 0.400. The molecule has 2 N–H and O–H groups in total. The van der Waals surface area contributed by atoms with Gasteiger partial charge in [0, 0.05) is 19.4 Å². The number of benzene rings is 3. The minimum absolute atomic E-state index is 0.0264. The van der Waals surface area contributed by atoms with Crippen molar-refractivity contribution in [2.75, 3.05) is 6.54 Å². The van der Waals surface area contributed by atoms with E-state index in [2.05, 4.69) is 17.2 Å². The van der Waals surface area contributed by atoms with Crippen LogP contribution in [0.4, 0.5) is 4.79 Å². The van der Waals surface area contributed by atoms with E-state index < -0.39 is 53.2 Å². The Balaban J connectivity index is 2.12. The SMILES string of the molecule is C=CCN(C(=O)C(Cc1ccccc1)NC(=O)OC(C)(C)C)C(C(=O)NC(Cc1ccccc1)C(=O)OC(C)(C)C)c1cccc(C)c1C. The summed E-state index contributed by atoms with van der Waals surface area (Å²) in [7, 11) is 0. The highest BCUT2D eigenvalue weighted by molar-refractivity contribution is 5.94. The molecule has 0 fully saturated rings. The van der Waals surface area contributed by atoms with Crippen LogP contribution in [0.15, 0.2) is 91.5 Å². The number of aryl methyl sites for hydroxylation is 1. The van der Waals surface area contributed by atoms with Crippen molar-refractivity contribution in [2.24, 2.45) is 0 Å². The third-order valence-corrected chi connectivity index (χ3v) is 7.67. The van der Waals surface area contributed by atoms with E-state index in [1.165, 1.54) is 11.0 Å². The van der Waals surface area contributed by atoms with Crippen LogP contribution in [0.3, 0.4) is 0 Å². The van der Waals surface area contributed by atoms with E-state index in [1.807, 2.05) is 86.6 Å².